The first-order chi connectivity index (χ1) is 9.05. The van der Waals surface area contributed by atoms with Crippen LogP contribution in [0.15, 0.2) is 42.6 Å². The molecule has 1 atom stereocenters. The Hall–Kier alpha value is -2.16. The van der Waals surface area contributed by atoms with Gasteiger partial charge in [0.2, 0.25) is 5.91 Å². The fraction of sp³-hybridized carbons (Fsp3) is 0.250. The number of aryl methyl sites for hydroxylation is 1. The van der Waals surface area contributed by atoms with Crippen molar-refractivity contribution in [2.75, 3.05) is 11.9 Å². The molecule has 2 heterocycles. The van der Waals surface area contributed by atoms with Gasteiger partial charge in [-0.05, 0) is 25.5 Å². The van der Waals surface area contributed by atoms with E-state index < -0.39 is 5.41 Å². The Labute approximate surface area is 112 Å². The molecular formula is C16H16N2O. The predicted octanol–water partition coefficient (Wildman–Crippen LogP) is 2.67. The average Bonchev–Trinajstić information content (AvgIpc) is 2.63. The zero-order chi connectivity index (χ0) is 13.6. The number of carbonyl (C=O) groups is 1. The summed E-state index contributed by atoms with van der Waals surface area (Å²) in [6.45, 7) is 4.02. The summed E-state index contributed by atoms with van der Waals surface area (Å²) < 4.78 is 0. The molecule has 1 amide bonds. The van der Waals surface area contributed by atoms with E-state index in [1.165, 1.54) is 5.56 Å². The summed E-state index contributed by atoms with van der Waals surface area (Å²) >= 11 is 0. The van der Waals surface area contributed by atoms with Crippen molar-refractivity contribution in [2.24, 2.45) is 0 Å². The molecular weight excluding hydrogens is 236 g/mol. The van der Waals surface area contributed by atoms with Gasteiger partial charge in [0.05, 0.1) is 0 Å². The van der Waals surface area contributed by atoms with Gasteiger partial charge in [-0.1, -0.05) is 35.9 Å². The van der Waals surface area contributed by atoms with E-state index in [4.69, 9.17) is 0 Å². The Kier molecular flexibility index (Phi) is 2.45. The van der Waals surface area contributed by atoms with E-state index in [0.717, 1.165) is 16.9 Å². The van der Waals surface area contributed by atoms with Crippen molar-refractivity contribution >= 4 is 11.7 Å². The van der Waals surface area contributed by atoms with Crippen molar-refractivity contribution in [2.45, 2.75) is 19.3 Å². The van der Waals surface area contributed by atoms with Crippen molar-refractivity contribution in [3.05, 3.63) is 59.3 Å². The van der Waals surface area contributed by atoms with Crippen LogP contribution in [0, 0.1) is 6.92 Å². The van der Waals surface area contributed by atoms with Gasteiger partial charge in [-0.3, -0.25) is 9.69 Å². The van der Waals surface area contributed by atoms with E-state index in [1.807, 2.05) is 50.2 Å². The number of amides is 1. The summed E-state index contributed by atoms with van der Waals surface area (Å²) in [5, 5.41) is 0. The quantitative estimate of drug-likeness (QED) is 0.781. The van der Waals surface area contributed by atoms with E-state index >= 15 is 0 Å². The third-order valence-electron chi connectivity index (χ3n) is 4.00. The molecule has 2 aromatic rings. The van der Waals surface area contributed by atoms with Crippen LogP contribution in [0.3, 0.4) is 0 Å². The number of anilines is 1. The largest absolute Gasteiger partial charge is 0.299 e. The minimum Gasteiger partial charge on any atom is -0.299 e. The standard InChI is InChI=1S/C16H16N2O/c1-11-6-8-12(9-7-11)16(2)13-5-4-10-17-14(13)18(3)15(16)19/h4-10H,1-3H3. The van der Waals surface area contributed by atoms with Crippen molar-refractivity contribution < 1.29 is 4.79 Å². The second-order valence-corrected chi connectivity index (χ2v) is 5.23. The lowest BCUT2D eigenvalue weighted by Gasteiger charge is -2.23. The molecule has 3 nitrogen and oxygen atoms in total. The Morgan fingerprint density at radius 2 is 1.84 bits per heavy atom. The number of carbonyl (C=O) groups excluding carboxylic acids is 1. The molecule has 3 heteroatoms. The fourth-order valence-electron chi connectivity index (χ4n) is 2.77. The van der Waals surface area contributed by atoms with Gasteiger partial charge in [0.1, 0.15) is 11.2 Å². The molecule has 3 rings (SSSR count). The van der Waals surface area contributed by atoms with Crippen LogP contribution in [0.2, 0.25) is 0 Å². The minimum atomic E-state index is -0.633. The molecule has 1 aliphatic heterocycles. The molecule has 1 aromatic carbocycles. The lowest BCUT2D eigenvalue weighted by Crippen LogP contribution is -2.37. The maximum Gasteiger partial charge on any atom is 0.242 e. The normalized spacial score (nSPS) is 21.6. The number of aromatic nitrogens is 1. The molecule has 96 valence electrons. The lowest BCUT2D eigenvalue weighted by atomic mass is 9.77. The van der Waals surface area contributed by atoms with E-state index in [0.29, 0.717) is 0 Å². The molecule has 1 aromatic heterocycles. The maximum atomic E-state index is 12.7. The molecule has 1 aliphatic rings. The van der Waals surface area contributed by atoms with E-state index in [2.05, 4.69) is 4.98 Å². The van der Waals surface area contributed by atoms with Crippen LogP contribution in [0.25, 0.3) is 0 Å². The highest BCUT2D eigenvalue weighted by Crippen LogP contribution is 2.43. The molecule has 0 saturated carbocycles. The Morgan fingerprint density at radius 1 is 1.16 bits per heavy atom. The SMILES string of the molecule is Cc1ccc(C2(C)C(=O)N(C)c3ncccc32)cc1. The van der Waals surface area contributed by atoms with Gasteiger partial charge in [0.25, 0.3) is 0 Å². The molecule has 0 bridgehead atoms. The van der Waals surface area contributed by atoms with Crippen LogP contribution in [0.1, 0.15) is 23.6 Å². The number of pyridine rings is 1. The van der Waals surface area contributed by atoms with Gasteiger partial charge >= 0.3 is 0 Å². The number of hydrogen-bond acceptors (Lipinski definition) is 2. The number of rotatable bonds is 1. The summed E-state index contributed by atoms with van der Waals surface area (Å²) in [4.78, 5) is 18.6. The van der Waals surface area contributed by atoms with E-state index in [9.17, 15) is 4.79 Å². The monoisotopic (exact) mass is 252 g/mol. The highest BCUT2D eigenvalue weighted by molar-refractivity contribution is 6.08. The molecule has 0 spiro atoms. The Balaban J connectivity index is 2.24. The number of fused-ring (bicyclic) bond motifs is 1. The van der Waals surface area contributed by atoms with Crippen LogP contribution < -0.4 is 4.90 Å². The van der Waals surface area contributed by atoms with Crippen molar-refractivity contribution in [1.29, 1.82) is 0 Å². The highest BCUT2D eigenvalue weighted by atomic mass is 16.2. The third-order valence-corrected chi connectivity index (χ3v) is 4.00. The van der Waals surface area contributed by atoms with Crippen LogP contribution in [0.5, 0.6) is 0 Å². The minimum absolute atomic E-state index is 0.0741. The number of hydrogen-bond donors (Lipinski definition) is 0. The molecule has 19 heavy (non-hydrogen) atoms. The second-order valence-electron chi connectivity index (χ2n) is 5.23. The highest BCUT2D eigenvalue weighted by Gasteiger charge is 2.47. The summed E-state index contributed by atoms with van der Waals surface area (Å²) in [6, 6.07) is 12.0. The number of nitrogens with zero attached hydrogens (tertiary/aromatic N) is 2. The summed E-state index contributed by atoms with van der Waals surface area (Å²) in [6.07, 6.45) is 1.73. The Bertz CT molecular complexity index is 648. The molecule has 0 fully saturated rings. The maximum absolute atomic E-state index is 12.7. The lowest BCUT2D eigenvalue weighted by molar-refractivity contribution is -0.121. The van der Waals surface area contributed by atoms with Gasteiger partial charge < -0.3 is 0 Å². The zero-order valence-electron chi connectivity index (χ0n) is 11.3. The second kappa shape index (κ2) is 3.92. The molecule has 0 radical (unpaired) electrons. The van der Waals surface area contributed by atoms with Crippen LogP contribution in [-0.4, -0.2) is 17.9 Å². The summed E-state index contributed by atoms with van der Waals surface area (Å²) in [7, 11) is 1.79. The van der Waals surface area contributed by atoms with E-state index in [-0.39, 0.29) is 5.91 Å². The first-order valence-corrected chi connectivity index (χ1v) is 6.36. The summed E-state index contributed by atoms with van der Waals surface area (Å²) in [5.74, 6) is 0.834. The van der Waals surface area contributed by atoms with Crippen molar-refractivity contribution in [3.63, 3.8) is 0 Å². The zero-order valence-corrected chi connectivity index (χ0v) is 11.3. The topological polar surface area (TPSA) is 33.2 Å². The van der Waals surface area contributed by atoms with Crippen LogP contribution in [-0.2, 0) is 10.2 Å². The van der Waals surface area contributed by atoms with Crippen LogP contribution in [0.4, 0.5) is 5.82 Å². The van der Waals surface area contributed by atoms with E-state index in [1.54, 1.807) is 18.1 Å². The van der Waals surface area contributed by atoms with Gasteiger partial charge in [-0.25, -0.2) is 4.98 Å². The van der Waals surface area contributed by atoms with Gasteiger partial charge in [-0.15, -0.1) is 0 Å². The fourth-order valence-corrected chi connectivity index (χ4v) is 2.77. The van der Waals surface area contributed by atoms with Gasteiger partial charge in [0, 0.05) is 18.8 Å². The Morgan fingerprint density at radius 3 is 2.53 bits per heavy atom. The van der Waals surface area contributed by atoms with Crippen molar-refractivity contribution in [1.82, 2.24) is 4.98 Å². The number of likely N-dealkylation sites (N-methyl/N-ethyl adjacent to an activating group) is 1. The summed E-state index contributed by atoms with van der Waals surface area (Å²) in [5.41, 5.74) is 2.55. The van der Waals surface area contributed by atoms with Crippen molar-refractivity contribution in [3.8, 4) is 0 Å². The molecule has 0 saturated heterocycles. The smallest absolute Gasteiger partial charge is 0.242 e. The average molecular weight is 252 g/mol. The molecule has 0 aliphatic carbocycles. The molecule has 0 N–H and O–H groups in total. The van der Waals surface area contributed by atoms with Crippen LogP contribution >= 0.6 is 0 Å². The third kappa shape index (κ3) is 1.51. The van der Waals surface area contributed by atoms with Gasteiger partial charge in [0.15, 0.2) is 0 Å². The number of benzene rings is 1. The first-order valence-electron chi connectivity index (χ1n) is 6.36. The molecule has 1 unspecified atom stereocenters. The first kappa shape index (κ1) is 11.9. The predicted molar refractivity (Wildman–Crippen MR) is 75.3 cm³/mol. The van der Waals surface area contributed by atoms with Gasteiger partial charge in [-0.2, -0.15) is 0 Å².